The summed E-state index contributed by atoms with van der Waals surface area (Å²) in [6.07, 6.45) is 8.55. The van der Waals surface area contributed by atoms with Crippen LogP contribution in [0.1, 0.15) is 38.5 Å². The van der Waals surface area contributed by atoms with Crippen LogP contribution in [0.5, 0.6) is 0 Å². The molecule has 0 spiro atoms. The lowest BCUT2D eigenvalue weighted by Crippen LogP contribution is -2.23. The maximum absolute atomic E-state index is 10.2. The lowest BCUT2D eigenvalue weighted by atomic mass is 9.84. The molecule has 1 fully saturated rings. The predicted molar refractivity (Wildman–Crippen MR) is 54.0 cm³/mol. The smallest absolute Gasteiger partial charge is 0.307 e. The van der Waals surface area contributed by atoms with E-state index in [1.54, 1.807) is 6.08 Å². The van der Waals surface area contributed by atoms with Gasteiger partial charge >= 0.3 is 5.97 Å². The maximum Gasteiger partial charge on any atom is 0.307 e. The van der Waals surface area contributed by atoms with Crippen LogP contribution in [0, 0.1) is 5.92 Å². The standard InChI is InChI=1S/C11H18O3/c12-10-7-3-1-5-9(10)6-2-4-8-11(13)14/h2,4,9-10,12H,1,3,5-8H2,(H,13,14)/b4-2+. The van der Waals surface area contributed by atoms with Crippen molar-refractivity contribution in [2.24, 2.45) is 5.92 Å². The van der Waals surface area contributed by atoms with Crippen LogP contribution < -0.4 is 0 Å². The van der Waals surface area contributed by atoms with Crippen molar-refractivity contribution in [1.82, 2.24) is 0 Å². The molecule has 1 saturated carbocycles. The highest BCUT2D eigenvalue weighted by atomic mass is 16.4. The Hall–Kier alpha value is -0.830. The molecule has 0 aromatic rings. The predicted octanol–water partition coefficient (Wildman–Crippen LogP) is 1.96. The second-order valence-corrected chi connectivity index (χ2v) is 3.92. The van der Waals surface area contributed by atoms with Crippen LogP contribution in [0.3, 0.4) is 0 Å². The highest BCUT2D eigenvalue weighted by Crippen LogP contribution is 2.27. The molecule has 1 aliphatic carbocycles. The van der Waals surface area contributed by atoms with Gasteiger partial charge in [0.1, 0.15) is 0 Å². The van der Waals surface area contributed by atoms with Crippen LogP contribution in [0.4, 0.5) is 0 Å². The van der Waals surface area contributed by atoms with Gasteiger partial charge < -0.3 is 10.2 Å². The first-order valence-electron chi connectivity index (χ1n) is 5.25. The Labute approximate surface area is 84.4 Å². The zero-order valence-corrected chi connectivity index (χ0v) is 8.35. The molecule has 80 valence electrons. The molecule has 0 bridgehead atoms. The molecule has 1 aliphatic rings. The van der Waals surface area contributed by atoms with Gasteiger partial charge in [-0.3, -0.25) is 4.79 Å². The molecule has 1 rings (SSSR count). The molecule has 2 N–H and O–H groups in total. The van der Waals surface area contributed by atoms with E-state index in [4.69, 9.17) is 5.11 Å². The third kappa shape index (κ3) is 3.92. The minimum absolute atomic E-state index is 0.0861. The van der Waals surface area contributed by atoms with Crippen LogP contribution in [-0.4, -0.2) is 22.3 Å². The van der Waals surface area contributed by atoms with Gasteiger partial charge in [0.15, 0.2) is 0 Å². The number of hydrogen-bond donors (Lipinski definition) is 2. The van der Waals surface area contributed by atoms with Gasteiger partial charge in [0, 0.05) is 0 Å². The van der Waals surface area contributed by atoms with Crippen LogP contribution in [0.25, 0.3) is 0 Å². The highest BCUT2D eigenvalue weighted by molar-refractivity contribution is 5.68. The van der Waals surface area contributed by atoms with Crippen LogP contribution >= 0.6 is 0 Å². The number of rotatable bonds is 4. The van der Waals surface area contributed by atoms with Crippen molar-refractivity contribution in [3.8, 4) is 0 Å². The fourth-order valence-corrected chi connectivity index (χ4v) is 1.92. The lowest BCUT2D eigenvalue weighted by Gasteiger charge is -2.26. The first-order valence-corrected chi connectivity index (χ1v) is 5.25. The molecule has 14 heavy (non-hydrogen) atoms. The summed E-state index contributed by atoms with van der Waals surface area (Å²) in [5.41, 5.74) is 0. The van der Waals surface area contributed by atoms with Gasteiger partial charge in [0.05, 0.1) is 12.5 Å². The number of allylic oxidation sites excluding steroid dienone is 1. The number of carboxylic acid groups (broad SMARTS) is 1. The van der Waals surface area contributed by atoms with E-state index in [0.717, 1.165) is 25.7 Å². The van der Waals surface area contributed by atoms with E-state index in [2.05, 4.69) is 0 Å². The molecular formula is C11H18O3. The van der Waals surface area contributed by atoms with Crippen molar-refractivity contribution in [3.05, 3.63) is 12.2 Å². The Kier molecular flexibility index (Phi) is 4.66. The van der Waals surface area contributed by atoms with Crippen molar-refractivity contribution >= 4 is 5.97 Å². The molecule has 0 saturated heterocycles. The molecule has 0 radical (unpaired) electrons. The SMILES string of the molecule is O=C(O)C/C=C/CC1CCCCC1O. The average Bonchev–Trinajstić information content (AvgIpc) is 2.15. The van der Waals surface area contributed by atoms with Crippen molar-refractivity contribution in [1.29, 1.82) is 0 Å². The van der Waals surface area contributed by atoms with Crippen molar-refractivity contribution in [2.45, 2.75) is 44.6 Å². The third-order valence-electron chi connectivity index (χ3n) is 2.77. The number of aliphatic hydroxyl groups is 1. The third-order valence-corrected chi connectivity index (χ3v) is 2.77. The van der Waals surface area contributed by atoms with E-state index < -0.39 is 5.97 Å². The zero-order valence-electron chi connectivity index (χ0n) is 8.35. The summed E-state index contributed by atoms with van der Waals surface area (Å²) in [7, 11) is 0. The van der Waals surface area contributed by atoms with Crippen molar-refractivity contribution in [3.63, 3.8) is 0 Å². The fraction of sp³-hybridized carbons (Fsp3) is 0.727. The average molecular weight is 198 g/mol. The second-order valence-electron chi connectivity index (χ2n) is 3.92. The van der Waals surface area contributed by atoms with E-state index in [-0.39, 0.29) is 12.5 Å². The quantitative estimate of drug-likeness (QED) is 0.679. The van der Waals surface area contributed by atoms with Gasteiger partial charge in [0.2, 0.25) is 0 Å². The number of carboxylic acids is 1. The summed E-state index contributed by atoms with van der Waals surface area (Å²) in [5.74, 6) is -0.459. The molecule has 0 aromatic carbocycles. The Balaban J connectivity index is 2.22. The largest absolute Gasteiger partial charge is 0.481 e. The second kappa shape index (κ2) is 5.81. The van der Waals surface area contributed by atoms with Crippen LogP contribution in [0.15, 0.2) is 12.2 Å². The normalized spacial score (nSPS) is 28.1. The van der Waals surface area contributed by atoms with Crippen molar-refractivity contribution < 1.29 is 15.0 Å². The summed E-state index contributed by atoms with van der Waals surface area (Å²) in [6.45, 7) is 0. The Bertz CT molecular complexity index is 211. The molecular weight excluding hydrogens is 180 g/mol. The first-order chi connectivity index (χ1) is 6.70. The summed E-state index contributed by atoms with van der Waals surface area (Å²) in [6, 6.07) is 0. The van der Waals surface area contributed by atoms with Gasteiger partial charge in [-0.1, -0.05) is 25.0 Å². The molecule has 2 atom stereocenters. The first kappa shape index (κ1) is 11.2. The molecule has 3 heteroatoms. The highest BCUT2D eigenvalue weighted by Gasteiger charge is 2.21. The maximum atomic E-state index is 10.2. The summed E-state index contributed by atoms with van der Waals surface area (Å²) < 4.78 is 0. The van der Waals surface area contributed by atoms with Gasteiger partial charge in [-0.25, -0.2) is 0 Å². The Morgan fingerprint density at radius 2 is 2.00 bits per heavy atom. The number of aliphatic carboxylic acids is 1. The number of carbonyl (C=O) groups is 1. The van der Waals surface area contributed by atoms with Crippen molar-refractivity contribution in [2.75, 3.05) is 0 Å². The molecule has 0 amide bonds. The van der Waals surface area contributed by atoms with E-state index in [0.29, 0.717) is 5.92 Å². The summed E-state index contributed by atoms with van der Waals surface area (Å²) >= 11 is 0. The van der Waals surface area contributed by atoms with Gasteiger partial charge in [0.25, 0.3) is 0 Å². The summed E-state index contributed by atoms with van der Waals surface area (Å²) in [4.78, 5) is 10.2. The fourth-order valence-electron chi connectivity index (χ4n) is 1.92. The minimum atomic E-state index is -0.801. The molecule has 0 heterocycles. The van der Waals surface area contributed by atoms with E-state index >= 15 is 0 Å². The monoisotopic (exact) mass is 198 g/mol. The number of hydrogen-bond acceptors (Lipinski definition) is 2. The molecule has 0 aliphatic heterocycles. The van der Waals surface area contributed by atoms with E-state index in [9.17, 15) is 9.90 Å². The van der Waals surface area contributed by atoms with Crippen LogP contribution in [-0.2, 0) is 4.79 Å². The van der Waals surface area contributed by atoms with Gasteiger partial charge in [-0.05, 0) is 25.2 Å². The number of aliphatic hydroxyl groups excluding tert-OH is 1. The van der Waals surface area contributed by atoms with E-state index in [1.807, 2.05) is 6.08 Å². The van der Waals surface area contributed by atoms with Gasteiger partial charge in [-0.2, -0.15) is 0 Å². The minimum Gasteiger partial charge on any atom is -0.481 e. The topological polar surface area (TPSA) is 57.5 Å². The van der Waals surface area contributed by atoms with E-state index in [1.165, 1.54) is 6.42 Å². The molecule has 3 nitrogen and oxygen atoms in total. The Morgan fingerprint density at radius 3 is 2.64 bits per heavy atom. The van der Waals surface area contributed by atoms with Gasteiger partial charge in [-0.15, -0.1) is 0 Å². The molecule has 0 aromatic heterocycles. The van der Waals surface area contributed by atoms with Crippen LogP contribution in [0.2, 0.25) is 0 Å². The summed E-state index contributed by atoms with van der Waals surface area (Å²) in [5, 5.41) is 18.0. The lowest BCUT2D eigenvalue weighted by molar-refractivity contribution is -0.136. The zero-order chi connectivity index (χ0) is 10.4. The Morgan fingerprint density at radius 1 is 1.29 bits per heavy atom. The molecule has 2 unspecified atom stereocenters.